The molecule has 5 heteroatoms. The minimum Gasteiger partial charge on any atom is -0.479 e. The molecule has 0 saturated carbocycles. The van der Waals surface area contributed by atoms with Crippen molar-refractivity contribution >= 4 is 11.6 Å². The third-order valence-corrected chi connectivity index (χ3v) is 4.27. The van der Waals surface area contributed by atoms with Crippen LogP contribution in [0.1, 0.15) is 43.3 Å². The molecule has 2 heterocycles. The van der Waals surface area contributed by atoms with Crippen molar-refractivity contribution < 1.29 is 14.1 Å². The maximum atomic E-state index is 12.8. The first-order valence-electron chi connectivity index (χ1n) is 7.38. The molecule has 1 amide bonds. The summed E-state index contributed by atoms with van der Waals surface area (Å²) in [6.07, 6.45) is 0.890. The molecule has 0 fully saturated rings. The Labute approximate surface area is 129 Å². The van der Waals surface area contributed by atoms with E-state index in [2.05, 4.69) is 32.0 Å². The Morgan fingerprint density at radius 2 is 2.14 bits per heavy atom. The van der Waals surface area contributed by atoms with Gasteiger partial charge < -0.3 is 14.2 Å². The van der Waals surface area contributed by atoms with Gasteiger partial charge in [0.15, 0.2) is 0 Å². The van der Waals surface area contributed by atoms with E-state index in [1.165, 1.54) is 18.7 Å². The molecule has 3 rings (SSSR count). The van der Waals surface area contributed by atoms with E-state index in [-0.39, 0.29) is 23.1 Å². The summed E-state index contributed by atoms with van der Waals surface area (Å²) in [7, 11) is 1.49. The van der Waals surface area contributed by atoms with Gasteiger partial charge in [-0.15, -0.1) is 0 Å². The van der Waals surface area contributed by atoms with E-state index in [9.17, 15) is 4.79 Å². The number of methoxy groups -OCH3 is 1. The first-order valence-corrected chi connectivity index (χ1v) is 7.38. The summed E-state index contributed by atoms with van der Waals surface area (Å²) in [6.45, 7) is 6.48. The third kappa shape index (κ3) is 2.26. The number of hydrogen-bond donors (Lipinski definition) is 0. The second-order valence-electron chi connectivity index (χ2n) is 6.36. The molecule has 0 radical (unpaired) electrons. The third-order valence-electron chi connectivity index (χ3n) is 4.27. The molecule has 1 aliphatic rings. The molecule has 1 unspecified atom stereocenters. The highest BCUT2D eigenvalue weighted by Gasteiger charge is 2.39. The minimum atomic E-state index is -0.189. The van der Waals surface area contributed by atoms with Crippen LogP contribution >= 0.6 is 0 Å². The topological polar surface area (TPSA) is 55.6 Å². The minimum absolute atomic E-state index is 0.0336. The molecular weight excluding hydrogens is 280 g/mol. The Morgan fingerprint density at radius 1 is 1.41 bits per heavy atom. The first kappa shape index (κ1) is 14.6. The van der Waals surface area contributed by atoms with Crippen LogP contribution in [0.15, 0.2) is 34.9 Å². The number of amides is 1. The van der Waals surface area contributed by atoms with Crippen molar-refractivity contribution in [1.82, 2.24) is 5.16 Å². The lowest BCUT2D eigenvalue weighted by atomic mass is 9.75. The van der Waals surface area contributed by atoms with E-state index in [1.807, 2.05) is 18.2 Å². The fourth-order valence-corrected chi connectivity index (χ4v) is 3.32. The highest BCUT2D eigenvalue weighted by Crippen LogP contribution is 2.42. The van der Waals surface area contributed by atoms with Crippen molar-refractivity contribution in [3.63, 3.8) is 0 Å². The van der Waals surface area contributed by atoms with Crippen LogP contribution in [-0.2, 0) is 5.41 Å². The number of fused-ring (bicyclic) bond motifs is 1. The van der Waals surface area contributed by atoms with Gasteiger partial charge in [0, 0.05) is 11.7 Å². The number of carbonyl (C=O) groups excluding carboxylic acids is 1. The van der Waals surface area contributed by atoms with Crippen molar-refractivity contribution in [3.8, 4) is 5.88 Å². The molecule has 1 atom stereocenters. The first-order chi connectivity index (χ1) is 10.4. The number of anilines is 1. The van der Waals surface area contributed by atoms with Gasteiger partial charge in [-0.1, -0.05) is 32.0 Å². The second kappa shape index (κ2) is 5.16. The zero-order valence-corrected chi connectivity index (χ0v) is 13.3. The molecule has 1 aliphatic heterocycles. The molecule has 2 aromatic rings. The summed E-state index contributed by atoms with van der Waals surface area (Å²) in [6, 6.07) is 9.64. The fourth-order valence-electron chi connectivity index (χ4n) is 3.32. The molecule has 0 saturated heterocycles. The smallest absolute Gasteiger partial charge is 0.297 e. The van der Waals surface area contributed by atoms with Crippen LogP contribution in [0.5, 0.6) is 5.88 Å². The van der Waals surface area contributed by atoms with Crippen LogP contribution < -0.4 is 9.64 Å². The lowest BCUT2D eigenvalue weighted by Gasteiger charge is -2.43. The zero-order valence-electron chi connectivity index (χ0n) is 13.3. The fraction of sp³-hybridized carbons (Fsp3) is 0.412. The van der Waals surface area contributed by atoms with Crippen LogP contribution in [0.4, 0.5) is 5.69 Å². The number of aromatic nitrogens is 1. The van der Waals surface area contributed by atoms with Gasteiger partial charge in [-0.3, -0.25) is 4.79 Å². The number of para-hydroxylation sites is 1. The van der Waals surface area contributed by atoms with E-state index >= 15 is 0 Å². The highest BCUT2D eigenvalue weighted by atomic mass is 16.5. The van der Waals surface area contributed by atoms with Gasteiger partial charge in [-0.05, 0) is 35.5 Å². The Kier molecular flexibility index (Phi) is 3.43. The van der Waals surface area contributed by atoms with Crippen LogP contribution in [0, 0.1) is 0 Å². The molecule has 1 aromatic carbocycles. The van der Waals surface area contributed by atoms with Gasteiger partial charge in [0.05, 0.1) is 13.2 Å². The van der Waals surface area contributed by atoms with Gasteiger partial charge in [0.1, 0.15) is 0 Å². The van der Waals surface area contributed by atoms with E-state index in [0.717, 1.165) is 12.1 Å². The average Bonchev–Trinajstić information content (AvgIpc) is 2.95. The molecule has 0 N–H and O–H groups in total. The Morgan fingerprint density at radius 3 is 2.82 bits per heavy atom. The molecule has 116 valence electrons. The van der Waals surface area contributed by atoms with Crippen LogP contribution in [0.2, 0.25) is 0 Å². The predicted molar refractivity (Wildman–Crippen MR) is 83.4 cm³/mol. The predicted octanol–water partition coefficient (Wildman–Crippen LogP) is 3.40. The van der Waals surface area contributed by atoms with E-state index in [1.54, 1.807) is 4.90 Å². The van der Waals surface area contributed by atoms with Crippen molar-refractivity contribution in [1.29, 1.82) is 0 Å². The maximum Gasteiger partial charge on any atom is 0.297 e. The van der Waals surface area contributed by atoms with E-state index in [4.69, 9.17) is 9.26 Å². The number of benzene rings is 1. The number of carbonyl (C=O) groups is 1. The monoisotopic (exact) mass is 300 g/mol. The van der Waals surface area contributed by atoms with Crippen molar-refractivity contribution in [3.05, 3.63) is 41.7 Å². The van der Waals surface area contributed by atoms with Gasteiger partial charge in [-0.2, -0.15) is 0 Å². The quantitative estimate of drug-likeness (QED) is 0.853. The summed E-state index contributed by atoms with van der Waals surface area (Å²) in [5, 5.41) is 3.72. The van der Waals surface area contributed by atoms with Gasteiger partial charge in [-0.25, -0.2) is 0 Å². The standard InChI is InChI=1S/C17H20N2O3/c1-11-10-17(2,3)12-7-5-6-8-13(12)19(11)16(20)14-9-15(21-4)18-22-14/h5-9,11H,10H2,1-4H3. The lowest BCUT2D eigenvalue weighted by Crippen LogP contribution is -2.46. The van der Waals surface area contributed by atoms with Crippen molar-refractivity contribution in [2.75, 3.05) is 12.0 Å². The summed E-state index contributed by atoms with van der Waals surface area (Å²) in [5.74, 6) is 0.311. The van der Waals surface area contributed by atoms with E-state index in [0.29, 0.717) is 5.88 Å². The second-order valence-corrected chi connectivity index (χ2v) is 6.36. The largest absolute Gasteiger partial charge is 0.479 e. The summed E-state index contributed by atoms with van der Waals surface area (Å²) in [5.41, 5.74) is 2.14. The average molecular weight is 300 g/mol. The van der Waals surface area contributed by atoms with Gasteiger partial charge in [0.25, 0.3) is 11.8 Å². The van der Waals surface area contributed by atoms with Crippen LogP contribution in [-0.4, -0.2) is 24.2 Å². The summed E-state index contributed by atoms with van der Waals surface area (Å²) < 4.78 is 10.1. The molecule has 0 aliphatic carbocycles. The molecule has 1 aromatic heterocycles. The molecule has 0 spiro atoms. The Hall–Kier alpha value is -2.30. The number of rotatable bonds is 2. The number of hydrogen-bond acceptors (Lipinski definition) is 4. The van der Waals surface area contributed by atoms with Gasteiger partial charge >= 0.3 is 0 Å². The van der Waals surface area contributed by atoms with Crippen LogP contribution in [0.25, 0.3) is 0 Å². The maximum absolute atomic E-state index is 12.8. The molecule has 22 heavy (non-hydrogen) atoms. The van der Waals surface area contributed by atoms with Crippen LogP contribution in [0.3, 0.4) is 0 Å². The SMILES string of the molecule is COc1cc(C(=O)N2c3ccccc3C(C)(C)CC2C)on1. The molecule has 5 nitrogen and oxygen atoms in total. The Bertz CT molecular complexity index is 705. The molecular formula is C17H20N2O3. The summed E-state index contributed by atoms with van der Waals surface area (Å²) in [4.78, 5) is 14.6. The van der Waals surface area contributed by atoms with Crippen molar-refractivity contribution in [2.45, 2.75) is 38.6 Å². The lowest BCUT2D eigenvalue weighted by molar-refractivity contribution is 0.0934. The van der Waals surface area contributed by atoms with E-state index < -0.39 is 0 Å². The normalized spacial score (nSPS) is 19.6. The number of nitrogens with zero attached hydrogens (tertiary/aromatic N) is 2. The zero-order chi connectivity index (χ0) is 15.9. The Balaban J connectivity index is 2.04. The highest BCUT2D eigenvalue weighted by molar-refractivity contribution is 6.05. The van der Waals surface area contributed by atoms with Crippen molar-refractivity contribution in [2.24, 2.45) is 0 Å². The number of ether oxygens (including phenoxy) is 1. The summed E-state index contributed by atoms with van der Waals surface area (Å²) >= 11 is 0. The van der Waals surface area contributed by atoms with Gasteiger partial charge in [0.2, 0.25) is 5.76 Å². The molecule has 0 bridgehead atoms.